The summed E-state index contributed by atoms with van der Waals surface area (Å²) in [5.41, 5.74) is 8.03. The minimum absolute atomic E-state index is 0.105. The number of nitrogens with two attached hydrogens (primary N) is 1. The Kier molecular flexibility index (Phi) is 7.80. The Bertz CT molecular complexity index is 1150. The number of phenols is 1. The van der Waals surface area contributed by atoms with Crippen LogP contribution in [0.1, 0.15) is 41.5 Å². The number of benzene rings is 2. The van der Waals surface area contributed by atoms with Gasteiger partial charge in [0.15, 0.2) is 29.3 Å². The largest absolute Gasteiger partial charge is 0.502 e. The van der Waals surface area contributed by atoms with Crippen LogP contribution in [0.2, 0.25) is 0 Å². The molecule has 2 aliphatic heterocycles. The monoisotopic (exact) mass is 529 g/mol. The Labute approximate surface area is 221 Å². The lowest BCUT2D eigenvalue weighted by Gasteiger charge is -2.41. The fourth-order valence-corrected chi connectivity index (χ4v) is 5.80. The molecule has 1 fully saturated rings. The van der Waals surface area contributed by atoms with Crippen molar-refractivity contribution in [3.8, 4) is 28.7 Å². The zero-order valence-electron chi connectivity index (χ0n) is 21.6. The van der Waals surface area contributed by atoms with Gasteiger partial charge in [-0.1, -0.05) is 0 Å². The van der Waals surface area contributed by atoms with Crippen molar-refractivity contribution in [2.75, 3.05) is 47.3 Å². The SMILES string of the molecule is COc1cc([C@@H]2c3cc4c(cc3[C@@H](NC(=O)CCNCCCN)[C@H]3COC(O)[C@H]23)OCO4)cc(OC)c1O. The van der Waals surface area contributed by atoms with Gasteiger partial charge in [0, 0.05) is 30.7 Å². The van der Waals surface area contributed by atoms with Gasteiger partial charge in [0.05, 0.1) is 26.9 Å². The summed E-state index contributed by atoms with van der Waals surface area (Å²) in [4.78, 5) is 13.0. The molecule has 5 rings (SSSR count). The molecular formula is C27H35N3O8. The predicted molar refractivity (Wildman–Crippen MR) is 137 cm³/mol. The highest BCUT2D eigenvalue weighted by Crippen LogP contribution is 2.56. The Morgan fingerprint density at radius 1 is 1.08 bits per heavy atom. The Morgan fingerprint density at radius 2 is 1.76 bits per heavy atom. The summed E-state index contributed by atoms with van der Waals surface area (Å²) in [6, 6.07) is 6.89. The number of aromatic hydroxyl groups is 1. The lowest BCUT2D eigenvalue weighted by Crippen LogP contribution is -2.44. The van der Waals surface area contributed by atoms with Crippen LogP contribution in [0.3, 0.4) is 0 Å². The molecule has 206 valence electrons. The quantitative estimate of drug-likeness (QED) is 0.285. The zero-order chi connectivity index (χ0) is 26.8. The highest BCUT2D eigenvalue weighted by Gasteiger charge is 2.52. The second-order valence-corrected chi connectivity index (χ2v) is 9.74. The predicted octanol–water partition coefficient (Wildman–Crippen LogP) is 1.35. The molecule has 1 amide bonds. The van der Waals surface area contributed by atoms with Crippen LogP contribution in [0.25, 0.3) is 0 Å². The van der Waals surface area contributed by atoms with Crippen LogP contribution in [0, 0.1) is 11.8 Å². The van der Waals surface area contributed by atoms with E-state index in [-0.39, 0.29) is 48.4 Å². The molecule has 5 atom stereocenters. The molecule has 1 unspecified atom stereocenters. The summed E-state index contributed by atoms with van der Waals surface area (Å²) >= 11 is 0. The molecule has 6 N–H and O–H groups in total. The maximum absolute atomic E-state index is 13.0. The van der Waals surface area contributed by atoms with Gasteiger partial charge in [0.25, 0.3) is 0 Å². The lowest BCUT2D eigenvalue weighted by atomic mass is 9.65. The van der Waals surface area contributed by atoms with Gasteiger partial charge in [-0.25, -0.2) is 0 Å². The molecule has 2 aromatic rings. The first kappa shape index (κ1) is 26.4. The summed E-state index contributed by atoms with van der Waals surface area (Å²) in [6.07, 6.45) is 0.0851. The number of nitrogens with one attached hydrogen (secondary N) is 2. The van der Waals surface area contributed by atoms with Crippen molar-refractivity contribution in [2.45, 2.75) is 31.1 Å². The fraction of sp³-hybridized carbons (Fsp3) is 0.519. The van der Waals surface area contributed by atoms with Gasteiger partial charge < -0.3 is 50.3 Å². The van der Waals surface area contributed by atoms with E-state index in [1.54, 1.807) is 12.1 Å². The Hall–Kier alpha value is -3.25. The average Bonchev–Trinajstić information content (AvgIpc) is 3.54. The molecule has 11 heteroatoms. The van der Waals surface area contributed by atoms with E-state index >= 15 is 0 Å². The van der Waals surface area contributed by atoms with Crippen molar-refractivity contribution in [1.29, 1.82) is 0 Å². The van der Waals surface area contributed by atoms with Crippen molar-refractivity contribution < 1.29 is 38.7 Å². The van der Waals surface area contributed by atoms with Crippen molar-refractivity contribution in [3.05, 3.63) is 41.0 Å². The van der Waals surface area contributed by atoms with Gasteiger partial charge in [-0.3, -0.25) is 4.79 Å². The van der Waals surface area contributed by atoms with E-state index in [0.717, 1.165) is 29.7 Å². The molecule has 0 spiro atoms. The highest BCUT2D eigenvalue weighted by atomic mass is 16.7. The third kappa shape index (κ3) is 4.82. The number of aliphatic hydroxyl groups excluding tert-OH is 1. The Morgan fingerprint density at radius 3 is 2.42 bits per heavy atom. The molecular weight excluding hydrogens is 494 g/mol. The second kappa shape index (κ2) is 11.2. The van der Waals surface area contributed by atoms with Crippen LogP contribution >= 0.6 is 0 Å². The highest BCUT2D eigenvalue weighted by molar-refractivity contribution is 5.77. The van der Waals surface area contributed by atoms with Crippen LogP contribution in [0.15, 0.2) is 24.3 Å². The minimum Gasteiger partial charge on any atom is -0.502 e. The van der Waals surface area contributed by atoms with Crippen LogP contribution < -0.4 is 35.3 Å². The minimum atomic E-state index is -1.06. The number of aliphatic hydroxyl groups is 1. The van der Waals surface area contributed by atoms with Gasteiger partial charge in [-0.05, 0) is 60.5 Å². The molecule has 3 aliphatic rings. The summed E-state index contributed by atoms with van der Waals surface area (Å²) in [5.74, 6) is 0.509. The van der Waals surface area contributed by atoms with E-state index in [0.29, 0.717) is 31.0 Å². The van der Waals surface area contributed by atoms with E-state index in [9.17, 15) is 15.0 Å². The molecule has 0 radical (unpaired) electrons. The zero-order valence-corrected chi connectivity index (χ0v) is 21.6. The van der Waals surface area contributed by atoms with Gasteiger partial charge in [0.1, 0.15) is 0 Å². The topological polar surface area (TPSA) is 154 Å². The number of hydrogen-bond donors (Lipinski definition) is 5. The van der Waals surface area contributed by atoms with E-state index in [1.807, 2.05) is 12.1 Å². The molecule has 11 nitrogen and oxygen atoms in total. The van der Waals surface area contributed by atoms with Crippen LogP contribution in [-0.2, 0) is 9.53 Å². The first-order valence-electron chi connectivity index (χ1n) is 12.8. The van der Waals surface area contributed by atoms with Gasteiger partial charge in [0.2, 0.25) is 18.4 Å². The molecule has 1 aliphatic carbocycles. The number of carbonyl (C=O) groups excluding carboxylic acids is 1. The first-order chi connectivity index (χ1) is 18.5. The Balaban J connectivity index is 1.55. The van der Waals surface area contributed by atoms with E-state index in [2.05, 4.69) is 10.6 Å². The maximum atomic E-state index is 13.0. The first-order valence-corrected chi connectivity index (χ1v) is 12.8. The molecule has 0 bridgehead atoms. The van der Waals surface area contributed by atoms with Gasteiger partial charge in [-0.2, -0.15) is 0 Å². The number of hydrogen-bond acceptors (Lipinski definition) is 10. The van der Waals surface area contributed by atoms with Gasteiger partial charge in [-0.15, -0.1) is 0 Å². The van der Waals surface area contributed by atoms with Crippen LogP contribution in [0.5, 0.6) is 28.7 Å². The fourth-order valence-electron chi connectivity index (χ4n) is 5.80. The van der Waals surface area contributed by atoms with E-state index < -0.39 is 18.2 Å². The van der Waals surface area contributed by atoms with Crippen molar-refractivity contribution >= 4 is 5.91 Å². The molecule has 1 saturated heterocycles. The third-order valence-electron chi connectivity index (χ3n) is 7.61. The second-order valence-electron chi connectivity index (χ2n) is 9.74. The summed E-state index contributed by atoms with van der Waals surface area (Å²) in [5, 5.41) is 28.0. The smallest absolute Gasteiger partial charge is 0.231 e. The number of rotatable bonds is 10. The van der Waals surface area contributed by atoms with Crippen molar-refractivity contribution in [1.82, 2.24) is 10.6 Å². The average molecular weight is 530 g/mol. The van der Waals surface area contributed by atoms with E-state index in [4.69, 9.17) is 29.4 Å². The number of amides is 1. The number of phenolic OH excluding ortho intramolecular Hbond substituents is 1. The molecule has 0 saturated carbocycles. The standard InChI is InChI=1S/C27H35N3O8/c1-34-20-8-14(9-21(35-2)26(20)32)23-15-10-18-19(38-13-37-18)11-16(15)25(17-12-36-27(33)24(17)23)30-22(31)4-7-29-6-3-5-28/h8-11,17,23-25,27,29,32-33H,3-7,12-13,28H2,1-2H3,(H,30,31)/t17-,23+,24-,25+,27?/m0/s1. The summed E-state index contributed by atoms with van der Waals surface area (Å²) in [7, 11) is 2.94. The normalized spacial score (nSPS) is 25.0. The number of carbonyl (C=O) groups is 1. The number of fused-ring (bicyclic) bond motifs is 3. The lowest BCUT2D eigenvalue weighted by molar-refractivity contribution is -0.122. The maximum Gasteiger partial charge on any atom is 0.231 e. The molecule has 38 heavy (non-hydrogen) atoms. The third-order valence-corrected chi connectivity index (χ3v) is 7.61. The number of methoxy groups -OCH3 is 2. The van der Waals surface area contributed by atoms with Crippen LogP contribution in [0.4, 0.5) is 0 Å². The summed E-state index contributed by atoms with van der Waals surface area (Å²) in [6.45, 7) is 2.26. The van der Waals surface area contributed by atoms with Gasteiger partial charge >= 0.3 is 0 Å². The number of ether oxygens (including phenoxy) is 5. The van der Waals surface area contributed by atoms with Crippen molar-refractivity contribution in [3.63, 3.8) is 0 Å². The molecule has 2 aromatic carbocycles. The summed E-state index contributed by atoms with van der Waals surface area (Å²) < 4.78 is 28.0. The van der Waals surface area contributed by atoms with E-state index in [1.165, 1.54) is 14.2 Å². The molecule has 0 aromatic heterocycles. The van der Waals surface area contributed by atoms with Crippen LogP contribution in [-0.4, -0.2) is 69.7 Å². The van der Waals surface area contributed by atoms with Crippen molar-refractivity contribution in [2.24, 2.45) is 17.6 Å². The molecule has 2 heterocycles.